The molecule has 0 radical (unpaired) electrons. The number of hydrogen-bond acceptors (Lipinski definition) is 3. The molecule has 1 aromatic carbocycles. The summed E-state index contributed by atoms with van der Waals surface area (Å²) in [6.07, 6.45) is 1.02. The van der Waals surface area contributed by atoms with Crippen LogP contribution in [0.2, 0.25) is 0 Å². The topological polar surface area (TPSA) is 24.5 Å². The van der Waals surface area contributed by atoms with E-state index in [2.05, 4.69) is 55.5 Å². The minimum atomic E-state index is 0.429. The normalized spacial score (nSPS) is 12.8. The molecule has 0 fully saturated rings. The van der Waals surface area contributed by atoms with Crippen molar-refractivity contribution in [3.05, 3.63) is 29.8 Å². The smallest absolute Gasteiger partial charge is 0.0481 e. The first-order chi connectivity index (χ1) is 8.13. The van der Waals surface area contributed by atoms with Crippen LogP contribution in [-0.2, 0) is 11.3 Å². The lowest BCUT2D eigenvalue weighted by molar-refractivity contribution is 0.191. The quantitative estimate of drug-likeness (QED) is 0.787. The third-order valence-corrected chi connectivity index (χ3v) is 2.66. The maximum atomic E-state index is 5.10. The van der Waals surface area contributed by atoms with Gasteiger partial charge >= 0.3 is 0 Å². The summed E-state index contributed by atoms with van der Waals surface area (Å²) in [5.41, 5.74) is 2.56. The molecule has 1 rings (SSSR count). The van der Waals surface area contributed by atoms with E-state index in [0.717, 1.165) is 19.6 Å². The van der Waals surface area contributed by atoms with E-state index >= 15 is 0 Å². The maximum Gasteiger partial charge on any atom is 0.0481 e. The van der Waals surface area contributed by atoms with E-state index in [1.807, 2.05) is 0 Å². The highest BCUT2D eigenvalue weighted by atomic mass is 16.5. The first-order valence-electron chi connectivity index (χ1n) is 6.11. The zero-order chi connectivity index (χ0) is 12.7. The van der Waals surface area contributed by atoms with Crippen LogP contribution in [0.1, 0.15) is 18.9 Å². The summed E-state index contributed by atoms with van der Waals surface area (Å²) >= 11 is 0. The van der Waals surface area contributed by atoms with E-state index in [9.17, 15) is 0 Å². The van der Waals surface area contributed by atoms with Crippen molar-refractivity contribution in [3.8, 4) is 0 Å². The van der Waals surface area contributed by atoms with Crippen LogP contribution < -0.4 is 5.32 Å². The molecule has 0 aliphatic rings. The number of para-hydroxylation sites is 1. The fraction of sp³-hybridized carbons (Fsp3) is 0.571. The van der Waals surface area contributed by atoms with Gasteiger partial charge in [0, 0.05) is 32.0 Å². The molecule has 0 saturated heterocycles. The Morgan fingerprint density at radius 2 is 2.00 bits per heavy atom. The Bertz CT molecular complexity index is 326. The molecular formula is C14H24N2O. The molecule has 0 aliphatic carbocycles. The molecule has 0 amide bonds. The van der Waals surface area contributed by atoms with Crippen molar-refractivity contribution in [2.45, 2.75) is 25.9 Å². The second kappa shape index (κ2) is 7.30. The van der Waals surface area contributed by atoms with Crippen molar-refractivity contribution in [2.75, 3.05) is 33.1 Å². The molecule has 1 aromatic rings. The molecule has 3 heteroatoms. The van der Waals surface area contributed by atoms with Gasteiger partial charge < -0.3 is 15.0 Å². The summed E-state index contributed by atoms with van der Waals surface area (Å²) in [5.74, 6) is 0. The van der Waals surface area contributed by atoms with Crippen molar-refractivity contribution in [3.63, 3.8) is 0 Å². The molecule has 96 valence electrons. The summed E-state index contributed by atoms with van der Waals surface area (Å²) in [7, 11) is 5.92. The number of anilines is 1. The third-order valence-electron chi connectivity index (χ3n) is 2.66. The highest BCUT2D eigenvalue weighted by molar-refractivity contribution is 5.51. The summed E-state index contributed by atoms with van der Waals surface area (Å²) < 4.78 is 5.10. The number of rotatable bonds is 7. The van der Waals surface area contributed by atoms with Gasteiger partial charge in [-0.15, -0.1) is 0 Å². The Hall–Kier alpha value is -1.06. The van der Waals surface area contributed by atoms with Gasteiger partial charge in [-0.05, 0) is 39.1 Å². The fourth-order valence-electron chi connectivity index (χ4n) is 1.77. The van der Waals surface area contributed by atoms with Crippen LogP contribution >= 0.6 is 0 Å². The van der Waals surface area contributed by atoms with Gasteiger partial charge in [0.2, 0.25) is 0 Å². The molecule has 1 unspecified atom stereocenters. The van der Waals surface area contributed by atoms with E-state index in [1.54, 1.807) is 7.11 Å². The molecule has 0 bridgehead atoms. The van der Waals surface area contributed by atoms with Crippen LogP contribution in [0.15, 0.2) is 24.3 Å². The number of benzene rings is 1. The molecule has 17 heavy (non-hydrogen) atoms. The summed E-state index contributed by atoms with van der Waals surface area (Å²) in [6.45, 7) is 3.94. The Labute approximate surface area is 105 Å². The zero-order valence-corrected chi connectivity index (χ0v) is 11.4. The monoisotopic (exact) mass is 236 g/mol. The Balaban J connectivity index is 2.62. The first-order valence-corrected chi connectivity index (χ1v) is 6.11. The summed E-state index contributed by atoms with van der Waals surface area (Å²) in [4.78, 5) is 2.18. The molecule has 0 spiro atoms. The number of nitrogens with zero attached hydrogens (tertiary/aromatic N) is 1. The molecule has 1 atom stereocenters. The molecule has 0 aromatic heterocycles. The predicted molar refractivity (Wildman–Crippen MR) is 73.4 cm³/mol. The van der Waals surface area contributed by atoms with Gasteiger partial charge in [-0.1, -0.05) is 18.2 Å². The highest BCUT2D eigenvalue weighted by Gasteiger charge is 2.06. The van der Waals surface area contributed by atoms with Crippen LogP contribution in [-0.4, -0.2) is 38.8 Å². The van der Waals surface area contributed by atoms with Crippen LogP contribution in [0.5, 0.6) is 0 Å². The van der Waals surface area contributed by atoms with Crippen LogP contribution in [0.3, 0.4) is 0 Å². The van der Waals surface area contributed by atoms with Crippen molar-refractivity contribution in [1.82, 2.24) is 4.90 Å². The van der Waals surface area contributed by atoms with Crippen LogP contribution in [0, 0.1) is 0 Å². The zero-order valence-electron chi connectivity index (χ0n) is 11.4. The highest BCUT2D eigenvalue weighted by Crippen LogP contribution is 2.17. The fourth-order valence-corrected chi connectivity index (χ4v) is 1.77. The van der Waals surface area contributed by atoms with Gasteiger partial charge in [0.1, 0.15) is 0 Å². The van der Waals surface area contributed by atoms with Gasteiger partial charge in [0.15, 0.2) is 0 Å². The first kappa shape index (κ1) is 14.0. The average Bonchev–Trinajstić information content (AvgIpc) is 2.28. The van der Waals surface area contributed by atoms with E-state index in [0.29, 0.717) is 6.04 Å². The molecule has 0 saturated carbocycles. The molecular weight excluding hydrogens is 212 g/mol. The second-order valence-electron chi connectivity index (χ2n) is 4.72. The van der Waals surface area contributed by atoms with Crippen molar-refractivity contribution < 1.29 is 4.74 Å². The number of methoxy groups -OCH3 is 1. The van der Waals surface area contributed by atoms with Gasteiger partial charge in [0.25, 0.3) is 0 Å². The van der Waals surface area contributed by atoms with Gasteiger partial charge in [-0.25, -0.2) is 0 Å². The number of ether oxygens (including phenoxy) is 1. The van der Waals surface area contributed by atoms with E-state index in [4.69, 9.17) is 4.74 Å². The molecule has 3 nitrogen and oxygen atoms in total. The van der Waals surface area contributed by atoms with Gasteiger partial charge in [-0.3, -0.25) is 0 Å². The maximum absolute atomic E-state index is 5.10. The Morgan fingerprint density at radius 1 is 1.29 bits per heavy atom. The Morgan fingerprint density at radius 3 is 2.65 bits per heavy atom. The van der Waals surface area contributed by atoms with E-state index < -0.39 is 0 Å². The van der Waals surface area contributed by atoms with E-state index in [-0.39, 0.29) is 0 Å². The number of hydrogen-bond donors (Lipinski definition) is 1. The van der Waals surface area contributed by atoms with Crippen molar-refractivity contribution in [1.29, 1.82) is 0 Å². The average molecular weight is 236 g/mol. The largest absolute Gasteiger partial charge is 0.385 e. The Kier molecular flexibility index (Phi) is 6.01. The lowest BCUT2D eigenvalue weighted by Crippen LogP contribution is -2.19. The minimum Gasteiger partial charge on any atom is -0.385 e. The third kappa shape index (κ3) is 5.20. The van der Waals surface area contributed by atoms with Crippen LogP contribution in [0.4, 0.5) is 5.69 Å². The lowest BCUT2D eigenvalue weighted by atomic mass is 10.1. The molecule has 0 heterocycles. The van der Waals surface area contributed by atoms with Crippen molar-refractivity contribution in [2.24, 2.45) is 0 Å². The van der Waals surface area contributed by atoms with Gasteiger partial charge in [-0.2, -0.15) is 0 Å². The van der Waals surface area contributed by atoms with Crippen LogP contribution in [0.25, 0.3) is 0 Å². The second-order valence-corrected chi connectivity index (χ2v) is 4.72. The lowest BCUT2D eigenvalue weighted by Gasteiger charge is -2.19. The van der Waals surface area contributed by atoms with Crippen molar-refractivity contribution >= 4 is 5.69 Å². The standard InChI is InChI=1S/C14H24N2O/c1-12(9-10-17-4)15-14-8-6-5-7-13(14)11-16(2)3/h5-8,12,15H,9-11H2,1-4H3. The van der Waals surface area contributed by atoms with E-state index in [1.165, 1.54) is 11.3 Å². The number of nitrogens with one attached hydrogen (secondary N) is 1. The predicted octanol–water partition coefficient (Wildman–Crippen LogP) is 2.59. The summed E-state index contributed by atoms with van der Waals surface area (Å²) in [5, 5.41) is 3.54. The minimum absolute atomic E-state index is 0.429. The summed E-state index contributed by atoms with van der Waals surface area (Å²) in [6, 6.07) is 8.90. The van der Waals surface area contributed by atoms with Gasteiger partial charge in [0.05, 0.1) is 0 Å². The molecule has 1 N–H and O–H groups in total. The molecule has 0 aliphatic heterocycles. The SMILES string of the molecule is COCCC(C)Nc1ccccc1CN(C)C.